The van der Waals surface area contributed by atoms with E-state index in [0.29, 0.717) is 12.2 Å². The Kier molecular flexibility index (Phi) is 3.21. The first-order chi connectivity index (χ1) is 12.7. The van der Waals surface area contributed by atoms with Gasteiger partial charge in [0.05, 0.1) is 5.92 Å². The molecule has 4 atom stereocenters. The van der Waals surface area contributed by atoms with Crippen LogP contribution in [0.25, 0.3) is 0 Å². The maximum Gasteiger partial charge on any atom is 0.256 e. The summed E-state index contributed by atoms with van der Waals surface area (Å²) in [6.45, 7) is 0.708. The summed E-state index contributed by atoms with van der Waals surface area (Å²) < 4.78 is 0. The molecule has 2 aromatic carbocycles. The van der Waals surface area contributed by atoms with Gasteiger partial charge in [0.2, 0.25) is 0 Å². The Labute approximate surface area is 151 Å². The molecule has 2 saturated heterocycles. The Morgan fingerprint density at radius 3 is 2.62 bits per heavy atom. The van der Waals surface area contributed by atoms with Crippen molar-refractivity contribution in [2.45, 2.75) is 36.4 Å². The van der Waals surface area contributed by atoms with E-state index in [4.69, 9.17) is 0 Å². The summed E-state index contributed by atoms with van der Waals surface area (Å²) in [5.74, 6) is -0.559. The second kappa shape index (κ2) is 5.38. The third-order valence-corrected chi connectivity index (χ3v) is 6.28. The SMILES string of the molecule is O=C1Nc2ccccc2[C@]12[C@H]([N+](=O)[O-])[C@H](c1ccccc1)[C@H]1CCCN12. The lowest BCUT2D eigenvalue weighted by Gasteiger charge is -2.32. The van der Waals surface area contributed by atoms with Crippen LogP contribution in [-0.4, -0.2) is 34.4 Å². The number of benzene rings is 2. The zero-order valence-corrected chi connectivity index (χ0v) is 14.2. The minimum absolute atomic E-state index is 0.00436. The molecular weight excluding hydrogens is 330 g/mol. The van der Waals surface area contributed by atoms with Crippen molar-refractivity contribution in [3.63, 3.8) is 0 Å². The van der Waals surface area contributed by atoms with Gasteiger partial charge in [-0.05, 0) is 24.5 Å². The van der Waals surface area contributed by atoms with Gasteiger partial charge < -0.3 is 5.32 Å². The summed E-state index contributed by atoms with van der Waals surface area (Å²) in [6.07, 6.45) is 1.83. The Balaban J connectivity index is 1.78. The van der Waals surface area contributed by atoms with Crippen LogP contribution < -0.4 is 5.32 Å². The highest BCUT2D eigenvalue weighted by Crippen LogP contribution is 2.57. The van der Waals surface area contributed by atoms with Crippen LogP contribution in [-0.2, 0) is 10.3 Å². The number of rotatable bonds is 2. The largest absolute Gasteiger partial charge is 0.324 e. The van der Waals surface area contributed by atoms with Crippen molar-refractivity contribution >= 4 is 11.6 Å². The van der Waals surface area contributed by atoms with Gasteiger partial charge in [0.25, 0.3) is 11.9 Å². The van der Waals surface area contributed by atoms with Crippen molar-refractivity contribution in [1.29, 1.82) is 0 Å². The average Bonchev–Trinajstić information content (AvgIpc) is 3.29. The predicted molar refractivity (Wildman–Crippen MR) is 96.4 cm³/mol. The molecule has 26 heavy (non-hydrogen) atoms. The first kappa shape index (κ1) is 15.5. The number of nitrogens with one attached hydrogen (secondary N) is 1. The quantitative estimate of drug-likeness (QED) is 0.668. The topological polar surface area (TPSA) is 75.5 Å². The highest BCUT2D eigenvalue weighted by atomic mass is 16.6. The van der Waals surface area contributed by atoms with Crippen molar-refractivity contribution in [3.8, 4) is 0 Å². The fraction of sp³-hybridized carbons (Fsp3) is 0.350. The first-order valence-electron chi connectivity index (χ1n) is 9.02. The van der Waals surface area contributed by atoms with E-state index in [2.05, 4.69) is 10.2 Å². The van der Waals surface area contributed by atoms with Crippen LogP contribution in [0.3, 0.4) is 0 Å². The zero-order valence-electron chi connectivity index (χ0n) is 14.2. The third kappa shape index (κ3) is 1.77. The number of nitrogens with zero attached hydrogens (tertiary/aromatic N) is 2. The molecule has 3 aliphatic heterocycles. The summed E-state index contributed by atoms with van der Waals surface area (Å²) in [6, 6.07) is 16.1. The van der Waals surface area contributed by atoms with Gasteiger partial charge in [-0.3, -0.25) is 19.8 Å². The first-order valence-corrected chi connectivity index (χ1v) is 9.02. The number of nitro groups is 1. The number of carbonyl (C=O) groups excluding carboxylic acids is 1. The standard InChI is InChI=1S/C20H19N3O3/c24-19-20(14-9-4-5-10-15(14)21-19)18(23(25)26)17(13-7-2-1-3-8-13)16-11-6-12-22(16)20/h1-5,7-10,16-18H,6,11-12H2,(H,21,24)/t16-,17-,18-,20+/m1/s1. The second-order valence-corrected chi connectivity index (χ2v) is 7.34. The Hall–Kier alpha value is -2.73. The Morgan fingerprint density at radius 1 is 1.12 bits per heavy atom. The van der Waals surface area contributed by atoms with Gasteiger partial charge in [0.15, 0.2) is 5.54 Å². The molecule has 0 radical (unpaired) electrons. The fourth-order valence-electron chi connectivity index (χ4n) is 5.45. The summed E-state index contributed by atoms with van der Waals surface area (Å²) in [7, 11) is 0. The number of hydrogen-bond donors (Lipinski definition) is 1. The fourth-order valence-corrected chi connectivity index (χ4v) is 5.45. The van der Waals surface area contributed by atoms with Crippen LogP contribution in [0.15, 0.2) is 54.6 Å². The molecule has 3 aliphatic rings. The van der Waals surface area contributed by atoms with Crippen molar-refractivity contribution < 1.29 is 9.72 Å². The van der Waals surface area contributed by atoms with Gasteiger partial charge in [0, 0.05) is 28.8 Å². The van der Waals surface area contributed by atoms with Crippen molar-refractivity contribution in [3.05, 3.63) is 75.8 Å². The lowest BCUT2D eigenvalue weighted by molar-refractivity contribution is -0.534. The van der Waals surface area contributed by atoms with Crippen LogP contribution in [0.1, 0.15) is 29.9 Å². The minimum Gasteiger partial charge on any atom is -0.324 e. The van der Waals surface area contributed by atoms with Gasteiger partial charge >= 0.3 is 0 Å². The second-order valence-electron chi connectivity index (χ2n) is 7.34. The van der Waals surface area contributed by atoms with E-state index in [1.54, 1.807) is 0 Å². The molecule has 2 aromatic rings. The van der Waals surface area contributed by atoms with E-state index < -0.39 is 11.6 Å². The normalized spacial score (nSPS) is 32.5. The number of fused-ring (bicyclic) bond motifs is 4. The van der Waals surface area contributed by atoms with Crippen molar-refractivity contribution in [1.82, 2.24) is 4.90 Å². The molecule has 6 nitrogen and oxygen atoms in total. The molecule has 0 aliphatic carbocycles. The zero-order chi connectivity index (χ0) is 17.9. The predicted octanol–water partition coefficient (Wildman–Crippen LogP) is 2.74. The Morgan fingerprint density at radius 2 is 1.85 bits per heavy atom. The van der Waals surface area contributed by atoms with E-state index in [1.165, 1.54) is 0 Å². The molecular formula is C20H19N3O3. The lowest BCUT2D eigenvalue weighted by Crippen LogP contribution is -2.55. The molecule has 3 heterocycles. The number of anilines is 1. The van der Waals surface area contributed by atoms with Crippen LogP contribution in [0.4, 0.5) is 5.69 Å². The molecule has 1 amide bonds. The molecule has 0 aromatic heterocycles. The summed E-state index contributed by atoms with van der Waals surface area (Å²) >= 11 is 0. The van der Waals surface area contributed by atoms with Gasteiger partial charge in [-0.15, -0.1) is 0 Å². The monoisotopic (exact) mass is 349 g/mol. The molecule has 1 spiro atoms. The van der Waals surface area contributed by atoms with Gasteiger partial charge in [-0.25, -0.2) is 0 Å². The number of carbonyl (C=O) groups is 1. The molecule has 0 saturated carbocycles. The lowest BCUT2D eigenvalue weighted by atomic mass is 9.77. The third-order valence-electron chi connectivity index (χ3n) is 6.28. The molecule has 2 fully saturated rings. The van der Waals surface area contributed by atoms with Crippen LogP contribution in [0.2, 0.25) is 0 Å². The van der Waals surface area contributed by atoms with Crippen LogP contribution >= 0.6 is 0 Å². The maximum atomic E-state index is 13.2. The molecule has 132 valence electrons. The maximum absolute atomic E-state index is 13.2. The van der Waals surface area contributed by atoms with Crippen LogP contribution in [0, 0.1) is 10.1 Å². The summed E-state index contributed by atoms with van der Waals surface area (Å²) in [5, 5.41) is 15.2. The molecule has 0 unspecified atom stereocenters. The minimum atomic E-state index is -1.22. The number of amides is 1. The van der Waals surface area contributed by atoms with Gasteiger partial charge in [-0.1, -0.05) is 48.5 Å². The van der Waals surface area contributed by atoms with E-state index in [9.17, 15) is 14.9 Å². The molecule has 6 heteroatoms. The van der Waals surface area contributed by atoms with E-state index in [-0.39, 0.29) is 22.8 Å². The number of hydrogen-bond acceptors (Lipinski definition) is 4. The van der Waals surface area contributed by atoms with Crippen molar-refractivity contribution in [2.75, 3.05) is 11.9 Å². The van der Waals surface area contributed by atoms with Crippen molar-refractivity contribution in [2.24, 2.45) is 0 Å². The summed E-state index contributed by atoms with van der Waals surface area (Å²) in [5.41, 5.74) is 1.17. The highest BCUT2D eigenvalue weighted by molar-refractivity contribution is 6.07. The molecule has 1 N–H and O–H groups in total. The van der Waals surface area contributed by atoms with E-state index >= 15 is 0 Å². The van der Waals surface area contributed by atoms with Gasteiger partial charge in [0.1, 0.15) is 0 Å². The summed E-state index contributed by atoms with van der Waals surface area (Å²) in [4.78, 5) is 27.5. The average molecular weight is 349 g/mol. The van der Waals surface area contributed by atoms with Crippen LogP contribution in [0.5, 0.6) is 0 Å². The Bertz CT molecular complexity index is 900. The molecule has 5 rings (SSSR count). The smallest absolute Gasteiger partial charge is 0.256 e. The molecule has 0 bridgehead atoms. The van der Waals surface area contributed by atoms with Gasteiger partial charge in [-0.2, -0.15) is 0 Å². The highest BCUT2D eigenvalue weighted by Gasteiger charge is 2.73. The van der Waals surface area contributed by atoms with E-state index in [0.717, 1.165) is 24.0 Å². The van der Waals surface area contributed by atoms with E-state index in [1.807, 2.05) is 54.6 Å². The number of para-hydroxylation sites is 1.